The number of halogens is 2. The summed E-state index contributed by atoms with van der Waals surface area (Å²) in [6, 6.07) is 23.3. The maximum atomic E-state index is 13.4. The summed E-state index contributed by atoms with van der Waals surface area (Å²) in [5.74, 6) is 0.648. The molecule has 4 aromatic rings. The molecule has 1 N–H and O–H groups in total. The van der Waals surface area contributed by atoms with Crippen LogP contribution in [0.1, 0.15) is 51.6 Å². The first-order valence-corrected chi connectivity index (χ1v) is 12.3. The lowest BCUT2D eigenvalue weighted by Crippen LogP contribution is -2.25. The van der Waals surface area contributed by atoms with Gasteiger partial charge in [0.05, 0.1) is 23.5 Å². The molecule has 35 heavy (non-hydrogen) atoms. The largest absolute Gasteiger partial charge is 0.497 e. The molecule has 1 heterocycles. The molecule has 0 spiro atoms. The van der Waals surface area contributed by atoms with E-state index in [9.17, 15) is 4.79 Å². The molecular formula is C28H25Cl2N3O2. The summed E-state index contributed by atoms with van der Waals surface area (Å²) < 4.78 is 7.30. The lowest BCUT2D eigenvalue weighted by molar-refractivity contribution is 0.0944. The molecule has 0 radical (unpaired) electrons. The van der Waals surface area contributed by atoms with Crippen molar-refractivity contribution >= 4 is 29.1 Å². The maximum Gasteiger partial charge on any atom is 0.272 e. The zero-order valence-electron chi connectivity index (χ0n) is 19.3. The molecule has 3 aromatic carbocycles. The van der Waals surface area contributed by atoms with Gasteiger partial charge in [0.25, 0.3) is 5.91 Å². The summed E-state index contributed by atoms with van der Waals surface area (Å²) in [5.41, 5.74) is 5.23. The van der Waals surface area contributed by atoms with Crippen LogP contribution in [0.25, 0.3) is 5.69 Å². The molecule has 0 fully saturated rings. The summed E-state index contributed by atoms with van der Waals surface area (Å²) in [6.07, 6.45) is 2.66. The number of nitrogens with one attached hydrogen (secondary N) is 1. The number of rotatable bonds is 6. The van der Waals surface area contributed by atoms with Gasteiger partial charge in [0.2, 0.25) is 0 Å². The third kappa shape index (κ3) is 4.79. The smallest absolute Gasteiger partial charge is 0.272 e. The van der Waals surface area contributed by atoms with Gasteiger partial charge in [-0.15, -0.1) is 0 Å². The fourth-order valence-electron chi connectivity index (χ4n) is 4.75. The van der Waals surface area contributed by atoms with E-state index in [4.69, 9.17) is 33.0 Å². The number of nitrogens with zero attached hydrogens (tertiary/aromatic N) is 2. The Balaban J connectivity index is 1.60. The van der Waals surface area contributed by atoms with Crippen LogP contribution in [0.4, 0.5) is 0 Å². The van der Waals surface area contributed by atoms with Crippen LogP contribution in [0.3, 0.4) is 0 Å². The maximum absolute atomic E-state index is 13.4. The van der Waals surface area contributed by atoms with Crippen molar-refractivity contribution in [3.63, 3.8) is 0 Å². The van der Waals surface area contributed by atoms with Crippen LogP contribution in [-0.2, 0) is 13.0 Å². The van der Waals surface area contributed by atoms with Gasteiger partial charge in [-0.1, -0.05) is 65.7 Å². The molecule has 1 aromatic heterocycles. The first-order valence-electron chi connectivity index (χ1n) is 11.6. The molecule has 1 aliphatic carbocycles. The first-order chi connectivity index (χ1) is 17.0. The second-order valence-electron chi connectivity index (χ2n) is 8.61. The first kappa shape index (κ1) is 23.5. The Kier molecular flexibility index (Phi) is 6.80. The number of fused-ring (bicyclic) bond motifs is 1. The lowest BCUT2D eigenvalue weighted by Gasteiger charge is -2.25. The van der Waals surface area contributed by atoms with E-state index in [1.54, 1.807) is 19.2 Å². The topological polar surface area (TPSA) is 56.1 Å². The quantitative estimate of drug-likeness (QED) is 0.321. The molecule has 0 saturated heterocycles. The van der Waals surface area contributed by atoms with Crippen LogP contribution in [-0.4, -0.2) is 22.8 Å². The van der Waals surface area contributed by atoms with Gasteiger partial charge in [-0.25, -0.2) is 4.68 Å². The monoisotopic (exact) mass is 505 g/mol. The number of amides is 1. The number of benzene rings is 3. The SMILES string of the molecule is COc1cccc(C2CCCc3c(C(=O)NCc4ccccc4)nn(-c4ccc(Cl)cc4Cl)c32)c1. The third-order valence-electron chi connectivity index (χ3n) is 6.42. The van der Waals surface area contributed by atoms with Gasteiger partial charge in [-0.3, -0.25) is 4.79 Å². The van der Waals surface area contributed by atoms with Crippen molar-refractivity contribution in [3.05, 3.63) is 111 Å². The predicted octanol–water partition coefficient (Wildman–Crippen LogP) is 6.59. The number of methoxy groups -OCH3 is 1. The van der Waals surface area contributed by atoms with Crippen LogP contribution in [0, 0.1) is 0 Å². The molecular weight excluding hydrogens is 481 g/mol. The van der Waals surface area contributed by atoms with E-state index >= 15 is 0 Å². The Hall–Kier alpha value is -3.28. The Morgan fingerprint density at radius 1 is 1.09 bits per heavy atom. The minimum atomic E-state index is -0.194. The highest BCUT2D eigenvalue weighted by molar-refractivity contribution is 6.35. The highest BCUT2D eigenvalue weighted by Crippen LogP contribution is 2.41. The third-order valence-corrected chi connectivity index (χ3v) is 6.96. The van der Waals surface area contributed by atoms with Crippen LogP contribution < -0.4 is 10.1 Å². The van der Waals surface area contributed by atoms with Crippen LogP contribution in [0.2, 0.25) is 10.0 Å². The van der Waals surface area contributed by atoms with Gasteiger partial charge >= 0.3 is 0 Å². The van der Waals surface area contributed by atoms with E-state index in [0.717, 1.165) is 47.4 Å². The van der Waals surface area contributed by atoms with Crippen LogP contribution >= 0.6 is 23.2 Å². The lowest BCUT2D eigenvalue weighted by atomic mass is 9.82. The van der Waals surface area contributed by atoms with Crippen molar-refractivity contribution in [2.45, 2.75) is 31.7 Å². The number of carbonyl (C=O) groups excluding carboxylic acids is 1. The van der Waals surface area contributed by atoms with Gasteiger partial charge in [0, 0.05) is 23.0 Å². The average molecular weight is 506 g/mol. The fraction of sp³-hybridized carbons (Fsp3) is 0.214. The van der Waals surface area contributed by atoms with Gasteiger partial charge in [-0.05, 0) is 60.7 Å². The zero-order valence-corrected chi connectivity index (χ0v) is 20.8. The number of carbonyl (C=O) groups is 1. The predicted molar refractivity (Wildman–Crippen MR) is 139 cm³/mol. The molecule has 5 rings (SSSR count). The average Bonchev–Trinajstić information content (AvgIpc) is 3.27. The number of hydrogen-bond acceptors (Lipinski definition) is 3. The van der Waals surface area contributed by atoms with Crippen molar-refractivity contribution in [3.8, 4) is 11.4 Å². The fourth-order valence-corrected chi connectivity index (χ4v) is 5.24. The molecule has 0 aliphatic heterocycles. The highest BCUT2D eigenvalue weighted by Gasteiger charge is 2.33. The summed E-state index contributed by atoms with van der Waals surface area (Å²) in [7, 11) is 1.67. The highest BCUT2D eigenvalue weighted by atomic mass is 35.5. The molecule has 178 valence electrons. The number of aromatic nitrogens is 2. The molecule has 7 heteroatoms. The van der Waals surface area contributed by atoms with Crippen LogP contribution in [0.15, 0.2) is 72.8 Å². The number of hydrogen-bond donors (Lipinski definition) is 1. The van der Waals surface area contributed by atoms with E-state index in [-0.39, 0.29) is 11.8 Å². The zero-order chi connectivity index (χ0) is 24.4. The van der Waals surface area contributed by atoms with Crippen molar-refractivity contribution in [1.82, 2.24) is 15.1 Å². The van der Waals surface area contributed by atoms with E-state index in [2.05, 4.69) is 17.4 Å². The van der Waals surface area contributed by atoms with Gasteiger partial charge < -0.3 is 10.1 Å². The molecule has 1 atom stereocenters. The molecule has 0 saturated carbocycles. The Morgan fingerprint density at radius 2 is 1.91 bits per heavy atom. The van der Waals surface area contributed by atoms with E-state index in [1.807, 2.05) is 53.2 Å². The van der Waals surface area contributed by atoms with Crippen molar-refractivity contribution in [1.29, 1.82) is 0 Å². The van der Waals surface area contributed by atoms with Crippen molar-refractivity contribution < 1.29 is 9.53 Å². The minimum absolute atomic E-state index is 0.0452. The van der Waals surface area contributed by atoms with Crippen molar-refractivity contribution in [2.75, 3.05) is 7.11 Å². The Morgan fingerprint density at radius 3 is 2.69 bits per heavy atom. The van der Waals surface area contributed by atoms with Crippen LogP contribution in [0.5, 0.6) is 5.75 Å². The molecule has 1 aliphatic rings. The molecule has 0 bridgehead atoms. The summed E-state index contributed by atoms with van der Waals surface area (Å²) in [6.45, 7) is 0.433. The molecule has 5 nitrogen and oxygen atoms in total. The van der Waals surface area contributed by atoms with E-state index in [1.165, 1.54) is 0 Å². The Labute approximate surface area is 214 Å². The summed E-state index contributed by atoms with van der Waals surface area (Å²) in [5, 5.41) is 8.89. The standard InChI is InChI=1S/C28H25Cl2N3O2/c1-35-21-10-5-9-19(15-21)22-11-6-12-23-26(28(34)31-17-18-7-3-2-4-8-18)32-33(27(22)23)25-14-13-20(29)16-24(25)30/h2-5,7-10,13-16,22H,6,11-12,17H2,1H3,(H,31,34). The molecule has 1 unspecified atom stereocenters. The van der Waals surface area contributed by atoms with Gasteiger partial charge in [0.1, 0.15) is 5.75 Å². The van der Waals surface area contributed by atoms with E-state index in [0.29, 0.717) is 28.0 Å². The second-order valence-corrected chi connectivity index (χ2v) is 9.45. The normalized spacial score (nSPS) is 14.9. The Bertz CT molecular complexity index is 1370. The van der Waals surface area contributed by atoms with E-state index < -0.39 is 0 Å². The summed E-state index contributed by atoms with van der Waals surface area (Å²) in [4.78, 5) is 13.4. The second kappa shape index (κ2) is 10.1. The van der Waals surface area contributed by atoms with Gasteiger partial charge in [0.15, 0.2) is 5.69 Å². The van der Waals surface area contributed by atoms with Crippen molar-refractivity contribution in [2.24, 2.45) is 0 Å². The number of ether oxygens (including phenoxy) is 1. The summed E-state index contributed by atoms with van der Waals surface area (Å²) >= 11 is 12.8. The minimum Gasteiger partial charge on any atom is -0.497 e. The van der Waals surface area contributed by atoms with Gasteiger partial charge in [-0.2, -0.15) is 5.10 Å². The molecule has 1 amide bonds.